The van der Waals surface area contributed by atoms with E-state index in [1.54, 1.807) is 0 Å². The molecular weight excluding hydrogens is 386 g/mol. The first kappa shape index (κ1) is 22.6. The van der Waals surface area contributed by atoms with E-state index in [1.165, 1.54) is 19.3 Å². The van der Waals surface area contributed by atoms with Gasteiger partial charge in [0, 0.05) is 12.5 Å². The van der Waals surface area contributed by atoms with E-state index in [2.05, 4.69) is 16.0 Å². The van der Waals surface area contributed by atoms with Crippen LogP contribution in [0.1, 0.15) is 58.8 Å². The summed E-state index contributed by atoms with van der Waals surface area (Å²) in [6, 6.07) is -1.54. The molecule has 3 rings (SSSR count). The lowest BCUT2D eigenvalue weighted by Crippen LogP contribution is -2.51. The molecule has 3 aliphatic rings. The van der Waals surface area contributed by atoms with Crippen molar-refractivity contribution in [2.24, 2.45) is 29.6 Å². The van der Waals surface area contributed by atoms with Gasteiger partial charge >= 0.3 is 6.09 Å². The number of nitrogens with one attached hydrogen (secondary N) is 3. The van der Waals surface area contributed by atoms with E-state index in [0.717, 1.165) is 12.3 Å². The van der Waals surface area contributed by atoms with Crippen molar-refractivity contribution in [3.8, 4) is 0 Å². The summed E-state index contributed by atoms with van der Waals surface area (Å²) in [4.78, 5) is 48.3. The highest BCUT2D eigenvalue weighted by molar-refractivity contribution is 5.88. The van der Waals surface area contributed by atoms with Crippen LogP contribution in [0.25, 0.3) is 0 Å². The number of ether oxygens (including phenoxy) is 1. The minimum Gasteiger partial charge on any atom is -0.449 e. The van der Waals surface area contributed by atoms with Crippen LogP contribution >= 0.6 is 0 Å². The largest absolute Gasteiger partial charge is 0.449 e. The van der Waals surface area contributed by atoms with Crippen molar-refractivity contribution >= 4 is 24.2 Å². The molecule has 3 fully saturated rings. The van der Waals surface area contributed by atoms with Crippen LogP contribution < -0.4 is 16.0 Å². The van der Waals surface area contributed by atoms with Crippen molar-refractivity contribution in [2.45, 2.75) is 70.9 Å². The Morgan fingerprint density at radius 2 is 2.00 bits per heavy atom. The summed E-state index contributed by atoms with van der Waals surface area (Å²) in [6.45, 7) is 4.91. The highest BCUT2D eigenvalue weighted by atomic mass is 16.5. The molecule has 1 aliphatic heterocycles. The number of hydrogen-bond donors (Lipinski definition) is 3. The molecule has 3 amide bonds. The number of rotatable bonds is 10. The monoisotopic (exact) mass is 421 g/mol. The minimum atomic E-state index is -0.780. The molecule has 0 aromatic carbocycles. The average molecular weight is 422 g/mol. The Labute approximate surface area is 178 Å². The average Bonchev–Trinajstić information content (AvgIpc) is 3.42. The summed E-state index contributed by atoms with van der Waals surface area (Å²) in [5, 5.41) is 8.10. The van der Waals surface area contributed by atoms with Gasteiger partial charge in [-0.1, -0.05) is 20.3 Å². The quantitative estimate of drug-likeness (QED) is 0.465. The van der Waals surface area contributed by atoms with Crippen LogP contribution in [0.5, 0.6) is 0 Å². The molecule has 2 bridgehead atoms. The fourth-order valence-electron chi connectivity index (χ4n) is 5.26. The highest BCUT2D eigenvalue weighted by Gasteiger charge is 2.40. The molecule has 168 valence electrons. The summed E-state index contributed by atoms with van der Waals surface area (Å²) in [5.74, 6) is 1.27. The van der Waals surface area contributed by atoms with Crippen LogP contribution in [0, 0.1) is 29.6 Å². The van der Waals surface area contributed by atoms with Crippen LogP contribution in [0.2, 0.25) is 0 Å². The first-order chi connectivity index (χ1) is 14.4. The molecule has 0 aromatic heterocycles. The van der Waals surface area contributed by atoms with Crippen LogP contribution in [0.15, 0.2) is 0 Å². The van der Waals surface area contributed by atoms with Gasteiger partial charge in [-0.3, -0.25) is 9.59 Å². The SMILES string of the molecule is CC(C)C[C@H](NC(=O)OCC1CC2CCC1C2)C(=O)N[C@H](C=O)C[C@H]1CCNC1=O. The van der Waals surface area contributed by atoms with E-state index in [0.29, 0.717) is 44.1 Å². The molecule has 2 aliphatic carbocycles. The van der Waals surface area contributed by atoms with Crippen LogP contribution in [0.4, 0.5) is 4.79 Å². The van der Waals surface area contributed by atoms with Gasteiger partial charge in [0.05, 0.1) is 12.6 Å². The Bertz CT molecular complexity index is 653. The first-order valence-corrected chi connectivity index (χ1v) is 11.3. The normalized spacial score (nSPS) is 29.4. The topological polar surface area (TPSA) is 114 Å². The molecule has 3 N–H and O–H groups in total. The lowest BCUT2D eigenvalue weighted by atomic mass is 9.90. The van der Waals surface area contributed by atoms with Gasteiger partial charge in [-0.2, -0.15) is 0 Å². The third kappa shape index (κ3) is 5.95. The summed E-state index contributed by atoms with van der Waals surface area (Å²) in [6.07, 6.45) is 6.33. The van der Waals surface area contributed by atoms with Crippen molar-refractivity contribution in [1.82, 2.24) is 16.0 Å². The van der Waals surface area contributed by atoms with E-state index in [1.807, 2.05) is 13.8 Å². The Balaban J connectivity index is 1.48. The number of carbonyl (C=O) groups is 4. The van der Waals surface area contributed by atoms with Gasteiger partial charge < -0.3 is 25.5 Å². The maximum atomic E-state index is 12.8. The molecule has 0 spiro atoms. The molecule has 1 heterocycles. The zero-order chi connectivity index (χ0) is 21.7. The van der Waals surface area contributed by atoms with Crippen molar-refractivity contribution in [1.29, 1.82) is 0 Å². The molecule has 0 radical (unpaired) electrons. The van der Waals surface area contributed by atoms with Crippen LogP contribution in [0.3, 0.4) is 0 Å². The standard InChI is InChI=1S/C22H35N3O5/c1-13(2)7-19(21(28)24-18(11-26)10-16-5-6-23-20(16)27)25-22(29)30-12-17-9-14-3-4-15(17)8-14/h11,13-19H,3-10,12H2,1-2H3,(H,23,27)(H,24,28)(H,25,29)/t14?,15?,16-,17?,18+,19+/m1/s1. The number of aldehydes is 1. The van der Waals surface area contributed by atoms with E-state index < -0.39 is 24.1 Å². The third-order valence-corrected chi connectivity index (χ3v) is 6.82. The lowest BCUT2D eigenvalue weighted by molar-refractivity contribution is -0.127. The summed E-state index contributed by atoms with van der Waals surface area (Å²) < 4.78 is 5.44. The van der Waals surface area contributed by atoms with Crippen molar-refractivity contribution in [3.63, 3.8) is 0 Å². The third-order valence-electron chi connectivity index (χ3n) is 6.82. The molecule has 2 saturated carbocycles. The van der Waals surface area contributed by atoms with E-state index >= 15 is 0 Å². The molecular formula is C22H35N3O5. The summed E-state index contributed by atoms with van der Waals surface area (Å²) in [7, 11) is 0. The molecule has 0 aromatic rings. The smallest absolute Gasteiger partial charge is 0.407 e. The highest BCUT2D eigenvalue weighted by Crippen LogP contribution is 2.48. The Hall–Kier alpha value is -2.12. The predicted octanol–water partition coefficient (Wildman–Crippen LogP) is 1.77. The lowest BCUT2D eigenvalue weighted by Gasteiger charge is -2.24. The van der Waals surface area contributed by atoms with Crippen LogP contribution in [-0.4, -0.2) is 49.4 Å². The van der Waals surface area contributed by atoms with Gasteiger partial charge in [0.2, 0.25) is 11.8 Å². The van der Waals surface area contributed by atoms with E-state index in [-0.39, 0.29) is 24.2 Å². The number of amides is 3. The second-order valence-electron chi connectivity index (χ2n) is 9.62. The fraction of sp³-hybridized carbons (Fsp3) is 0.818. The molecule has 6 atom stereocenters. The first-order valence-electron chi connectivity index (χ1n) is 11.3. The van der Waals surface area contributed by atoms with Gasteiger partial charge in [0.15, 0.2) is 0 Å². The van der Waals surface area contributed by atoms with Gasteiger partial charge in [-0.15, -0.1) is 0 Å². The van der Waals surface area contributed by atoms with E-state index in [4.69, 9.17) is 4.74 Å². The zero-order valence-electron chi connectivity index (χ0n) is 18.0. The van der Waals surface area contributed by atoms with Crippen molar-refractivity contribution < 1.29 is 23.9 Å². The maximum absolute atomic E-state index is 12.8. The Morgan fingerprint density at radius 3 is 2.57 bits per heavy atom. The van der Waals surface area contributed by atoms with Crippen molar-refractivity contribution in [2.75, 3.05) is 13.2 Å². The molecule has 30 heavy (non-hydrogen) atoms. The Morgan fingerprint density at radius 1 is 1.20 bits per heavy atom. The maximum Gasteiger partial charge on any atom is 0.407 e. The Kier molecular flexibility index (Phi) is 7.72. The van der Waals surface area contributed by atoms with Gasteiger partial charge in [0.1, 0.15) is 12.3 Å². The van der Waals surface area contributed by atoms with Gasteiger partial charge in [-0.05, 0) is 62.2 Å². The summed E-state index contributed by atoms with van der Waals surface area (Å²) >= 11 is 0. The molecule has 8 nitrogen and oxygen atoms in total. The van der Waals surface area contributed by atoms with E-state index in [9.17, 15) is 19.2 Å². The number of fused-ring (bicyclic) bond motifs is 2. The van der Waals surface area contributed by atoms with Crippen molar-refractivity contribution in [3.05, 3.63) is 0 Å². The summed E-state index contributed by atoms with van der Waals surface area (Å²) in [5.41, 5.74) is 0. The molecule has 1 saturated heterocycles. The number of alkyl carbamates (subject to hydrolysis) is 1. The minimum absolute atomic E-state index is 0.0860. The molecule has 3 unspecified atom stereocenters. The zero-order valence-corrected chi connectivity index (χ0v) is 18.0. The fourth-order valence-corrected chi connectivity index (χ4v) is 5.26. The number of hydrogen-bond acceptors (Lipinski definition) is 5. The number of carbonyl (C=O) groups excluding carboxylic acids is 4. The van der Waals surface area contributed by atoms with Crippen LogP contribution in [-0.2, 0) is 19.1 Å². The van der Waals surface area contributed by atoms with Gasteiger partial charge in [0.25, 0.3) is 0 Å². The second kappa shape index (κ2) is 10.3. The molecule has 8 heteroatoms. The predicted molar refractivity (Wildman–Crippen MR) is 110 cm³/mol. The van der Waals surface area contributed by atoms with Gasteiger partial charge in [-0.25, -0.2) is 4.79 Å². The second-order valence-corrected chi connectivity index (χ2v) is 9.62.